The van der Waals surface area contributed by atoms with Gasteiger partial charge in [-0.1, -0.05) is 36.4 Å². The van der Waals surface area contributed by atoms with Crippen molar-refractivity contribution in [3.8, 4) is 11.4 Å². The van der Waals surface area contributed by atoms with Crippen molar-refractivity contribution in [2.24, 2.45) is 0 Å². The number of carbonyl (C=O) groups is 1. The van der Waals surface area contributed by atoms with Crippen LogP contribution in [-0.2, 0) is 19.8 Å². The van der Waals surface area contributed by atoms with Crippen molar-refractivity contribution in [1.29, 1.82) is 0 Å². The molecule has 2 aromatic carbocycles. The van der Waals surface area contributed by atoms with E-state index in [2.05, 4.69) is 40.8 Å². The van der Waals surface area contributed by atoms with Crippen molar-refractivity contribution in [3.63, 3.8) is 0 Å². The van der Waals surface area contributed by atoms with Gasteiger partial charge in [0.15, 0.2) is 10.6 Å². The first-order valence-corrected chi connectivity index (χ1v) is 10.1. The Bertz CT molecular complexity index is 1050. The molecule has 0 aliphatic heterocycles. The van der Waals surface area contributed by atoms with E-state index < -0.39 is 0 Å². The molecule has 6 nitrogen and oxygen atoms in total. The number of nitrogens with one attached hydrogen (secondary N) is 1. The van der Waals surface area contributed by atoms with Crippen LogP contribution in [0, 0.1) is 11.7 Å². The van der Waals surface area contributed by atoms with Crippen LogP contribution in [-0.4, -0.2) is 39.3 Å². The van der Waals surface area contributed by atoms with Crippen LogP contribution in [0.2, 0.25) is 0 Å². The van der Waals surface area contributed by atoms with E-state index in [4.69, 9.17) is 17.3 Å². The van der Waals surface area contributed by atoms with Crippen LogP contribution in [0.25, 0.3) is 11.4 Å². The second kappa shape index (κ2) is 9.15. The summed E-state index contributed by atoms with van der Waals surface area (Å²) >= 11 is 5.69. The Morgan fingerprint density at radius 3 is 2.48 bits per heavy atom. The maximum atomic E-state index is 11.7. The highest BCUT2D eigenvalue weighted by Gasteiger charge is 2.14. The van der Waals surface area contributed by atoms with Gasteiger partial charge in [0.25, 0.3) is 5.91 Å². The quantitative estimate of drug-likeness (QED) is 0.602. The van der Waals surface area contributed by atoms with E-state index in [0.717, 1.165) is 30.0 Å². The summed E-state index contributed by atoms with van der Waals surface area (Å²) in [6.45, 7) is 6.26. The first-order chi connectivity index (χ1) is 13.9. The lowest BCUT2D eigenvalue weighted by Crippen LogP contribution is -2.23. The Kier molecular flexibility index (Phi) is 6.61. The van der Waals surface area contributed by atoms with Crippen molar-refractivity contribution in [3.05, 3.63) is 70.0 Å². The summed E-state index contributed by atoms with van der Waals surface area (Å²) in [5, 5.41) is 7.46. The molecule has 0 saturated heterocycles. The molecule has 0 atom stereocenters. The number of hydrogen-bond acceptors (Lipinski definition) is 4. The van der Waals surface area contributed by atoms with Gasteiger partial charge in [0, 0.05) is 31.3 Å². The third-order valence-corrected chi connectivity index (χ3v) is 5.33. The van der Waals surface area contributed by atoms with Crippen LogP contribution < -0.4 is 5.32 Å². The molecule has 1 aromatic heterocycles. The number of benzene rings is 2. The van der Waals surface area contributed by atoms with Gasteiger partial charge in [0.1, 0.15) is 0 Å². The minimum atomic E-state index is -0.0787. The maximum Gasteiger partial charge on any atom is 0.251 e. The Hall–Kier alpha value is -2.77. The normalized spacial score (nSPS) is 11.1. The maximum absolute atomic E-state index is 11.7. The summed E-state index contributed by atoms with van der Waals surface area (Å²) in [5.41, 5.74) is 4.07. The zero-order chi connectivity index (χ0) is 21.0. The lowest BCUT2D eigenvalue weighted by Gasteiger charge is -2.16. The van der Waals surface area contributed by atoms with E-state index >= 15 is 0 Å². The van der Waals surface area contributed by atoms with Gasteiger partial charge in [-0.25, -0.2) is 4.68 Å². The third kappa shape index (κ3) is 4.63. The lowest BCUT2D eigenvalue weighted by atomic mass is 10.1. The standard InChI is InChI=1S/C22H27N5OS/c1-5-26-20(19-9-7-6-8-16(19)2)24-27(22(26)29)15-25(4)14-17-10-12-18(13-11-17)21(28)23-3/h6-13H,5,14-15H2,1-4H3,(H,23,28). The fourth-order valence-electron chi connectivity index (χ4n) is 3.34. The number of rotatable bonds is 7. The molecule has 0 aliphatic rings. The number of nitrogens with zero attached hydrogens (tertiary/aromatic N) is 4. The Morgan fingerprint density at radius 2 is 1.86 bits per heavy atom. The van der Waals surface area contributed by atoms with E-state index in [-0.39, 0.29) is 5.91 Å². The summed E-state index contributed by atoms with van der Waals surface area (Å²) in [6, 6.07) is 15.9. The van der Waals surface area contributed by atoms with Crippen LogP contribution >= 0.6 is 12.2 Å². The minimum Gasteiger partial charge on any atom is -0.355 e. The lowest BCUT2D eigenvalue weighted by molar-refractivity contribution is 0.0963. The number of aromatic nitrogens is 3. The number of amides is 1. The number of hydrogen-bond donors (Lipinski definition) is 1. The molecular formula is C22H27N5OS. The van der Waals surface area contributed by atoms with Gasteiger partial charge in [-0.2, -0.15) is 5.10 Å². The molecule has 29 heavy (non-hydrogen) atoms. The van der Waals surface area contributed by atoms with Gasteiger partial charge in [-0.3, -0.25) is 9.69 Å². The van der Waals surface area contributed by atoms with Crippen LogP contribution in [0.1, 0.15) is 28.4 Å². The average Bonchev–Trinajstić information content (AvgIpc) is 3.03. The highest BCUT2D eigenvalue weighted by molar-refractivity contribution is 7.71. The molecule has 1 amide bonds. The highest BCUT2D eigenvalue weighted by Crippen LogP contribution is 2.22. The van der Waals surface area contributed by atoms with Crippen molar-refractivity contribution in [2.45, 2.75) is 33.6 Å². The Balaban J connectivity index is 1.79. The minimum absolute atomic E-state index is 0.0787. The molecular weight excluding hydrogens is 382 g/mol. The third-order valence-electron chi connectivity index (χ3n) is 4.90. The second-order valence-electron chi connectivity index (χ2n) is 7.10. The second-order valence-corrected chi connectivity index (χ2v) is 7.46. The Morgan fingerprint density at radius 1 is 1.17 bits per heavy atom. The van der Waals surface area contributed by atoms with E-state index in [0.29, 0.717) is 17.0 Å². The van der Waals surface area contributed by atoms with Crippen LogP contribution in [0.5, 0.6) is 0 Å². The van der Waals surface area contributed by atoms with Gasteiger partial charge in [0.05, 0.1) is 6.67 Å². The summed E-state index contributed by atoms with van der Waals surface area (Å²) in [4.78, 5) is 13.8. The topological polar surface area (TPSA) is 55.1 Å². The largest absolute Gasteiger partial charge is 0.355 e. The highest BCUT2D eigenvalue weighted by atomic mass is 32.1. The predicted molar refractivity (Wildman–Crippen MR) is 118 cm³/mol. The summed E-state index contributed by atoms with van der Waals surface area (Å²) in [5.74, 6) is 0.823. The monoisotopic (exact) mass is 409 g/mol. The average molecular weight is 410 g/mol. The van der Waals surface area contributed by atoms with Gasteiger partial charge in [-0.15, -0.1) is 0 Å². The molecule has 0 spiro atoms. The van der Waals surface area contributed by atoms with Crippen molar-refractivity contribution in [2.75, 3.05) is 14.1 Å². The van der Waals surface area contributed by atoms with Crippen molar-refractivity contribution in [1.82, 2.24) is 24.6 Å². The van der Waals surface area contributed by atoms with Crippen LogP contribution in [0.15, 0.2) is 48.5 Å². The molecule has 1 N–H and O–H groups in total. The molecule has 0 unspecified atom stereocenters. The van der Waals surface area contributed by atoms with Crippen LogP contribution in [0.3, 0.4) is 0 Å². The fraction of sp³-hybridized carbons (Fsp3) is 0.318. The molecule has 0 aliphatic carbocycles. The van der Waals surface area contributed by atoms with E-state index in [1.54, 1.807) is 7.05 Å². The zero-order valence-electron chi connectivity index (χ0n) is 17.3. The molecule has 0 fully saturated rings. The SMILES string of the molecule is CCn1c(-c2ccccc2C)nn(CN(C)Cc2ccc(C(=O)NC)cc2)c1=S. The summed E-state index contributed by atoms with van der Waals surface area (Å²) in [7, 11) is 3.67. The predicted octanol–water partition coefficient (Wildman–Crippen LogP) is 3.86. The van der Waals surface area contributed by atoms with E-state index in [9.17, 15) is 4.79 Å². The fourth-order valence-corrected chi connectivity index (χ4v) is 3.65. The van der Waals surface area contributed by atoms with E-state index in [1.807, 2.05) is 48.1 Å². The number of aryl methyl sites for hydroxylation is 1. The molecule has 0 radical (unpaired) electrons. The number of carbonyl (C=O) groups excluding carboxylic acids is 1. The first kappa shape index (κ1) is 21.0. The molecule has 0 bridgehead atoms. The summed E-state index contributed by atoms with van der Waals surface area (Å²) in [6.07, 6.45) is 0. The molecule has 3 aromatic rings. The zero-order valence-corrected chi connectivity index (χ0v) is 18.2. The van der Waals surface area contributed by atoms with Crippen molar-refractivity contribution < 1.29 is 4.79 Å². The van der Waals surface area contributed by atoms with Gasteiger partial charge in [0.2, 0.25) is 0 Å². The first-order valence-electron chi connectivity index (χ1n) is 9.67. The van der Waals surface area contributed by atoms with E-state index in [1.165, 1.54) is 5.56 Å². The molecule has 1 heterocycles. The smallest absolute Gasteiger partial charge is 0.251 e. The molecule has 0 saturated carbocycles. The molecule has 152 valence electrons. The van der Waals surface area contributed by atoms with Crippen molar-refractivity contribution >= 4 is 18.1 Å². The van der Waals surface area contributed by atoms with Crippen LogP contribution in [0.4, 0.5) is 0 Å². The van der Waals surface area contributed by atoms with Gasteiger partial charge in [-0.05, 0) is 56.4 Å². The van der Waals surface area contributed by atoms with Gasteiger partial charge >= 0.3 is 0 Å². The Labute approximate surface area is 176 Å². The molecule has 7 heteroatoms. The molecule has 3 rings (SSSR count). The van der Waals surface area contributed by atoms with Gasteiger partial charge < -0.3 is 9.88 Å². The summed E-state index contributed by atoms with van der Waals surface area (Å²) < 4.78 is 4.66.